The fourth-order valence-electron chi connectivity index (χ4n) is 8.46. The zero-order valence-corrected chi connectivity index (χ0v) is 29.2. The Kier molecular flexibility index (Phi) is 6.23. The summed E-state index contributed by atoms with van der Waals surface area (Å²) in [6, 6.07) is 55.2. The molecular weight excluding hydrogens is 649 g/mol. The van der Waals surface area contributed by atoms with Gasteiger partial charge in [-0.1, -0.05) is 135 Å². The molecule has 3 heterocycles. The Morgan fingerprint density at radius 3 is 1.85 bits per heavy atom. The zero-order valence-electron chi connectivity index (χ0n) is 29.2. The Bertz CT molecular complexity index is 3020. The van der Waals surface area contributed by atoms with Gasteiger partial charge in [0.2, 0.25) is 0 Å². The molecule has 10 aromatic rings. The number of rotatable bonds is 4. The van der Waals surface area contributed by atoms with E-state index in [1.807, 2.05) is 60.7 Å². The van der Waals surface area contributed by atoms with Crippen LogP contribution in [0.15, 0.2) is 162 Å². The van der Waals surface area contributed by atoms with Gasteiger partial charge in [-0.15, -0.1) is 0 Å². The van der Waals surface area contributed by atoms with Crippen LogP contribution in [0.5, 0.6) is 0 Å². The molecule has 0 aliphatic heterocycles. The number of para-hydroxylation sites is 2. The van der Waals surface area contributed by atoms with E-state index in [0.29, 0.717) is 17.5 Å². The standard InChI is InChI=1S/C48H32N4O/c1-48(2)38-21-11-9-18-32(38)36-28-42-37(27-39(36)48)33-19-10-12-22-40(33)52(42)41-23-13-20-35-34-25-24-31(26-43(34)53-44(35)41)47-50-45(29-14-5-3-6-15-29)49-46(51-47)30-16-7-4-8-17-30/h3-28H,1-2H3. The first-order valence-electron chi connectivity index (χ1n) is 18.0. The number of fused-ring (bicyclic) bond motifs is 9. The van der Waals surface area contributed by atoms with Crippen LogP contribution in [-0.2, 0) is 5.41 Å². The van der Waals surface area contributed by atoms with Gasteiger partial charge in [-0.05, 0) is 58.7 Å². The second kappa shape index (κ2) is 11.1. The average Bonchev–Trinajstić information content (AvgIpc) is 3.83. The van der Waals surface area contributed by atoms with Crippen LogP contribution in [0.3, 0.4) is 0 Å². The lowest BCUT2D eigenvalue weighted by Gasteiger charge is -2.21. The second-order valence-corrected chi connectivity index (χ2v) is 14.4. The summed E-state index contributed by atoms with van der Waals surface area (Å²) in [6.45, 7) is 4.68. The lowest BCUT2D eigenvalue weighted by molar-refractivity contribution is 0.661. The Morgan fingerprint density at radius 1 is 0.453 bits per heavy atom. The number of hydrogen-bond donors (Lipinski definition) is 0. The SMILES string of the molecule is CC1(C)c2ccccc2-c2cc3c(cc21)c1ccccc1n3-c1cccc2c1oc1cc(-c3nc(-c4ccccc4)nc(-c4ccccc4)n3)ccc12. The summed E-state index contributed by atoms with van der Waals surface area (Å²) < 4.78 is 9.27. The number of benzene rings is 7. The van der Waals surface area contributed by atoms with E-state index >= 15 is 0 Å². The zero-order chi connectivity index (χ0) is 35.3. The van der Waals surface area contributed by atoms with Crippen LogP contribution in [0.1, 0.15) is 25.0 Å². The largest absolute Gasteiger partial charge is 0.454 e. The maximum Gasteiger partial charge on any atom is 0.164 e. The van der Waals surface area contributed by atoms with Crippen molar-refractivity contribution in [3.8, 4) is 51.0 Å². The maximum atomic E-state index is 6.89. The molecule has 0 atom stereocenters. The Labute approximate surface area is 305 Å². The van der Waals surface area contributed by atoms with Gasteiger partial charge in [0.15, 0.2) is 23.1 Å². The van der Waals surface area contributed by atoms with Crippen molar-refractivity contribution in [1.29, 1.82) is 0 Å². The van der Waals surface area contributed by atoms with E-state index in [1.165, 1.54) is 33.0 Å². The minimum absolute atomic E-state index is 0.0813. The fourth-order valence-corrected chi connectivity index (χ4v) is 8.46. The first-order chi connectivity index (χ1) is 26.0. The highest BCUT2D eigenvalue weighted by Gasteiger charge is 2.36. The van der Waals surface area contributed by atoms with Crippen LogP contribution in [0.4, 0.5) is 0 Å². The van der Waals surface area contributed by atoms with Gasteiger partial charge in [0.1, 0.15) is 5.58 Å². The third-order valence-corrected chi connectivity index (χ3v) is 11.1. The van der Waals surface area contributed by atoms with Gasteiger partial charge in [-0.2, -0.15) is 0 Å². The molecule has 0 unspecified atom stereocenters. The maximum absolute atomic E-state index is 6.89. The normalized spacial score (nSPS) is 13.2. The number of nitrogens with zero attached hydrogens (tertiary/aromatic N) is 4. The van der Waals surface area contributed by atoms with Crippen molar-refractivity contribution >= 4 is 43.7 Å². The van der Waals surface area contributed by atoms with E-state index in [1.54, 1.807) is 0 Å². The van der Waals surface area contributed by atoms with Gasteiger partial charge >= 0.3 is 0 Å². The first kappa shape index (κ1) is 29.8. The predicted molar refractivity (Wildman–Crippen MR) is 215 cm³/mol. The molecule has 1 aliphatic rings. The monoisotopic (exact) mass is 680 g/mol. The van der Waals surface area contributed by atoms with E-state index in [9.17, 15) is 0 Å². The number of hydrogen-bond acceptors (Lipinski definition) is 4. The molecule has 0 N–H and O–H groups in total. The molecule has 7 aromatic carbocycles. The van der Waals surface area contributed by atoms with Crippen molar-refractivity contribution in [2.75, 3.05) is 0 Å². The quantitative estimate of drug-likeness (QED) is 0.186. The molecule has 3 aromatic heterocycles. The minimum atomic E-state index is -0.0813. The van der Waals surface area contributed by atoms with Crippen molar-refractivity contribution in [1.82, 2.24) is 19.5 Å². The molecule has 11 rings (SSSR count). The molecule has 1 aliphatic carbocycles. The summed E-state index contributed by atoms with van der Waals surface area (Å²) in [5, 5.41) is 4.58. The molecule has 5 heteroatoms. The molecule has 0 amide bonds. The van der Waals surface area contributed by atoms with Crippen LogP contribution < -0.4 is 0 Å². The van der Waals surface area contributed by atoms with Gasteiger partial charge in [0, 0.05) is 43.7 Å². The summed E-state index contributed by atoms with van der Waals surface area (Å²) >= 11 is 0. The summed E-state index contributed by atoms with van der Waals surface area (Å²) in [6.07, 6.45) is 0. The van der Waals surface area contributed by atoms with Gasteiger partial charge in [-0.3, -0.25) is 0 Å². The highest BCUT2D eigenvalue weighted by atomic mass is 16.3. The van der Waals surface area contributed by atoms with Crippen molar-refractivity contribution in [2.24, 2.45) is 0 Å². The lowest BCUT2D eigenvalue weighted by Crippen LogP contribution is -2.14. The third kappa shape index (κ3) is 4.40. The van der Waals surface area contributed by atoms with Crippen LogP contribution in [-0.4, -0.2) is 19.5 Å². The molecular formula is C48H32N4O. The van der Waals surface area contributed by atoms with Crippen molar-refractivity contribution in [3.63, 3.8) is 0 Å². The molecule has 0 spiro atoms. The lowest BCUT2D eigenvalue weighted by atomic mass is 9.82. The molecule has 5 nitrogen and oxygen atoms in total. The highest BCUT2D eigenvalue weighted by Crippen LogP contribution is 2.51. The van der Waals surface area contributed by atoms with Crippen LogP contribution >= 0.6 is 0 Å². The molecule has 53 heavy (non-hydrogen) atoms. The van der Waals surface area contributed by atoms with Gasteiger partial charge in [-0.25, -0.2) is 15.0 Å². The Hall–Kier alpha value is -6.85. The van der Waals surface area contributed by atoms with E-state index < -0.39 is 0 Å². The predicted octanol–water partition coefficient (Wildman–Crippen LogP) is 12.2. The number of aromatic nitrogens is 4. The molecule has 0 fully saturated rings. The summed E-state index contributed by atoms with van der Waals surface area (Å²) in [5.74, 6) is 1.86. The minimum Gasteiger partial charge on any atom is -0.454 e. The highest BCUT2D eigenvalue weighted by molar-refractivity contribution is 6.14. The first-order valence-corrected chi connectivity index (χ1v) is 18.0. The molecule has 0 saturated heterocycles. The molecule has 0 bridgehead atoms. The smallest absolute Gasteiger partial charge is 0.164 e. The third-order valence-electron chi connectivity index (χ3n) is 11.1. The van der Waals surface area contributed by atoms with Gasteiger partial charge < -0.3 is 8.98 Å². The van der Waals surface area contributed by atoms with Crippen molar-refractivity contribution in [3.05, 3.63) is 169 Å². The second-order valence-electron chi connectivity index (χ2n) is 14.4. The number of furan rings is 1. The summed E-state index contributed by atoms with van der Waals surface area (Å²) in [5.41, 5.74) is 13.0. The van der Waals surface area contributed by atoms with Crippen LogP contribution in [0, 0.1) is 0 Å². The van der Waals surface area contributed by atoms with E-state index in [4.69, 9.17) is 19.4 Å². The molecule has 0 radical (unpaired) electrons. The topological polar surface area (TPSA) is 56.7 Å². The van der Waals surface area contributed by atoms with E-state index in [-0.39, 0.29) is 5.41 Å². The Balaban J connectivity index is 1.12. The van der Waals surface area contributed by atoms with Crippen LogP contribution in [0.25, 0.3) is 94.7 Å². The Morgan fingerprint density at radius 2 is 1.09 bits per heavy atom. The van der Waals surface area contributed by atoms with E-state index in [2.05, 4.69) is 115 Å². The van der Waals surface area contributed by atoms with Gasteiger partial charge in [0.25, 0.3) is 0 Å². The van der Waals surface area contributed by atoms with Crippen LogP contribution in [0.2, 0.25) is 0 Å². The average molecular weight is 681 g/mol. The van der Waals surface area contributed by atoms with Crippen molar-refractivity contribution < 1.29 is 4.42 Å². The molecule has 0 saturated carbocycles. The molecule has 250 valence electrons. The summed E-state index contributed by atoms with van der Waals surface area (Å²) in [4.78, 5) is 14.8. The van der Waals surface area contributed by atoms with E-state index in [0.717, 1.165) is 55.3 Å². The summed E-state index contributed by atoms with van der Waals surface area (Å²) in [7, 11) is 0. The van der Waals surface area contributed by atoms with Gasteiger partial charge in [0.05, 0.1) is 16.7 Å². The van der Waals surface area contributed by atoms with Crippen molar-refractivity contribution in [2.45, 2.75) is 19.3 Å². The fraction of sp³-hybridized carbons (Fsp3) is 0.0625.